The highest BCUT2D eigenvalue weighted by molar-refractivity contribution is 6.37. The highest BCUT2D eigenvalue weighted by Crippen LogP contribution is 2.12. The van der Waals surface area contributed by atoms with Crippen LogP contribution in [-0.2, 0) is 16.1 Å². The predicted molar refractivity (Wildman–Crippen MR) is 51.4 cm³/mol. The van der Waals surface area contributed by atoms with Gasteiger partial charge in [0.15, 0.2) is 0 Å². The number of benzene rings is 1. The molecule has 1 aliphatic heterocycles. The molecule has 1 heterocycles. The van der Waals surface area contributed by atoms with Crippen molar-refractivity contribution in [3.63, 3.8) is 0 Å². The van der Waals surface area contributed by atoms with Crippen molar-refractivity contribution in [1.29, 1.82) is 0 Å². The van der Waals surface area contributed by atoms with Crippen LogP contribution >= 0.6 is 0 Å². The number of Topliss-reactive ketones (excluding diaryl/α,β-unsaturated/α-hetero) is 1. The van der Waals surface area contributed by atoms with Crippen LogP contribution in [-0.4, -0.2) is 23.1 Å². The summed E-state index contributed by atoms with van der Waals surface area (Å²) in [6, 6.07) is 6.04. The van der Waals surface area contributed by atoms with E-state index in [0.29, 0.717) is 18.7 Å². The SMILES string of the molecule is O=C1CCN(Cc2cccc(F)c2)C1=O. The molecule has 0 aromatic heterocycles. The maximum absolute atomic E-state index is 12.8. The number of hydrogen-bond donors (Lipinski definition) is 0. The second kappa shape index (κ2) is 3.81. The second-order valence-corrected chi connectivity index (χ2v) is 3.53. The van der Waals surface area contributed by atoms with Crippen molar-refractivity contribution >= 4 is 11.7 Å². The van der Waals surface area contributed by atoms with E-state index in [1.807, 2.05) is 0 Å². The molecule has 4 heteroatoms. The fraction of sp³-hybridized carbons (Fsp3) is 0.273. The van der Waals surface area contributed by atoms with Gasteiger partial charge in [-0.25, -0.2) is 4.39 Å². The average molecular weight is 207 g/mol. The molecule has 3 nitrogen and oxygen atoms in total. The Labute approximate surface area is 86.5 Å². The Hall–Kier alpha value is -1.71. The molecule has 0 N–H and O–H groups in total. The lowest BCUT2D eigenvalue weighted by atomic mass is 10.2. The van der Waals surface area contributed by atoms with Crippen LogP contribution in [0, 0.1) is 5.82 Å². The standard InChI is InChI=1S/C11H10FNO2/c12-9-3-1-2-8(6-9)7-13-5-4-10(14)11(13)15/h1-3,6H,4-5,7H2. The van der Waals surface area contributed by atoms with Crippen molar-refractivity contribution in [3.05, 3.63) is 35.6 Å². The number of nitrogens with zero attached hydrogens (tertiary/aromatic N) is 1. The highest BCUT2D eigenvalue weighted by Gasteiger charge is 2.28. The van der Waals surface area contributed by atoms with Crippen molar-refractivity contribution in [2.75, 3.05) is 6.54 Å². The van der Waals surface area contributed by atoms with E-state index in [2.05, 4.69) is 0 Å². The minimum atomic E-state index is -0.459. The number of halogens is 1. The van der Waals surface area contributed by atoms with Crippen LogP contribution in [0.4, 0.5) is 4.39 Å². The number of amides is 1. The zero-order valence-electron chi connectivity index (χ0n) is 8.07. The average Bonchev–Trinajstić information content (AvgIpc) is 2.50. The third-order valence-corrected chi connectivity index (χ3v) is 2.40. The van der Waals surface area contributed by atoms with Gasteiger partial charge in [-0.3, -0.25) is 9.59 Å². The van der Waals surface area contributed by atoms with Crippen LogP contribution in [0.1, 0.15) is 12.0 Å². The quantitative estimate of drug-likeness (QED) is 0.682. The Bertz CT molecular complexity index is 417. The van der Waals surface area contributed by atoms with E-state index in [4.69, 9.17) is 0 Å². The van der Waals surface area contributed by atoms with Crippen molar-refractivity contribution < 1.29 is 14.0 Å². The summed E-state index contributed by atoms with van der Waals surface area (Å²) < 4.78 is 12.8. The van der Waals surface area contributed by atoms with Gasteiger partial charge in [0.2, 0.25) is 5.78 Å². The van der Waals surface area contributed by atoms with Gasteiger partial charge in [-0.05, 0) is 17.7 Å². The third-order valence-electron chi connectivity index (χ3n) is 2.40. The molecule has 0 spiro atoms. The minimum absolute atomic E-state index is 0.272. The van der Waals surface area contributed by atoms with E-state index >= 15 is 0 Å². The van der Waals surface area contributed by atoms with Gasteiger partial charge in [0, 0.05) is 19.5 Å². The molecule has 1 amide bonds. The number of carbonyl (C=O) groups excluding carboxylic acids is 2. The Morgan fingerprint density at radius 1 is 1.33 bits per heavy atom. The van der Waals surface area contributed by atoms with Crippen LogP contribution in [0.25, 0.3) is 0 Å². The summed E-state index contributed by atoms with van der Waals surface area (Å²) in [5.41, 5.74) is 0.707. The predicted octanol–water partition coefficient (Wildman–Crippen LogP) is 1.13. The van der Waals surface area contributed by atoms with Gasteiger partial charge in [-0.15, -0.1) is 0 Å². The smallest absolute Gasteiger partial charge is 0.290 e. The van der Waals surface area contributed by atoms with Gasteiger partial charge in [-0.1, -0.05) is 12.1 Å². The minimum Gasteiger partial charge on any atom is -0.331 e. The topological polar surface area (TPSA) is 37.4 Å². The lowest BCUT2D eigenvalue weighted by Crippen LogP contribution is -2.26. The molecule has 1 saturated heterocycles. The zero-order chi connectivity index (χ0) is 10.8. The Balaban J connectivity index is 2.10. The van der Waals surface area contributed by atoms with Crippen molar-refractivity contribution in [2.45, 2.75) is 13.0 Å². The van der Waals surface area contributed by atoms with Crippen molar-refractivity contribution in [2.24, 2.45) is 0 Å². The van der Waals surface area contributed by atoms with Gasteiger partial charge in [-0.2, -0.15) is 0 Å². The summed E-state index contributed by atoms with van der Waals surface area (Å²) >= 11 is 0. The van der Waals surface area contributed by atoms with Gasteiger partial charge >= 0.3 is 0 Å². The second-order valence-electron chi connectivity index (χ2n) is 3.53. The number of rotatable bonds is 2. The number of carbonyl (C=O) groups is 2. The molecule has 78 valence electrons. The molecule has 0 aliphatic carbocycles. The number of hydrogen-bond acceptors (Lipinski definition) is 2. The largest absolute Gasteiger partial charge is 0.331 e. The Morgan fingerprint density at radius 2 is 2.13 bits per heavy atom. The third kappa shape index (κ3) is 2.03. The molecule has 1 aliphatic rings. The van der Waals surface area contributed by atoms with E-state index in [9.17, 15) is 14.0 Å². The van der Waals surface area contributed by atoms with Crippen LogP contribution in [0.5, 0.6) is 0 Å². The van der Waals surface area contributed by atoms with Crippen molar-refractivity contribution in [3.8, 4) is 0 Å². The maximum Gasteiger partial charge on any atom is 0.290 e. The number of likely N-dealkylation sites (tertiary alicyclic amines) is 1. The Kier molecular flexibility index (Phi) is 2.49. The lowest BCUT2D eigenvalue weighted by molar-refractivity contribution is -0.140. The maximum atomic E-state index is 12.8. The van der Waals surface area contributed by atoms with E-state index < -0.39 is 5.91 Å². The summed E-state index contributed by atoms with van der Waals surface area (Å²) in [5.74, 6) is -1.14. The van der Waals surface area contributed by atoms with Gasteiger partial charge in [0.1, 0.15) is 5.82 Å². The van der Waals surface area contributed by atoms with Crippen LogP contribution in [0.15, 0.2) is 24.3 Å². The first-order chi connectivity index (χ1) is 7.16. The summed E-state index contributed by atoms with van der Waals surface area (Å²) in [6.45, 7) is 0.747. The molecule has 0 radical (unpaired) electrons. The van der Waals surface area contributed by atoms with Gasteiger partial charge < -0.3 is 4.90 Å². The number of ketones is 1. The fourth-order valence-corrected chi connectivity index (χ4v) is 1.63. The lowest BCUT2D eigenvalue weighted by Gasteiger charge is -2.14. The normalized spacial score (nSPS) is 16.2. The first-order valence-corrected chi connectivity index (χ1v) is 4.73. The summed E-state index contributed by atoms with van der Waals surface area (Å²) in [4.78, 5) is 23.7. The molecule has 0 bridgehead atoms. The summed E-state index contributed by atoms with van der Waals surface area (Å²) in [7, 11) is 0. The molecule has 0 atom stereocenters. The van der Waals surface area contributed by atoms with E-state index in [0.717, 1.165) is 0 Å². The van der Waals surface area contributed by atoms with E-state index in [1.165, 1.54) is 17.0 Å². The molecule has 1 fully saturated rings. The molecule has 0 unspecified atom stereocenters. The van der Waals surface area contributed by atoms with E-state index in [1.54, 1.807) is 12.1 Å². The molecule has 15 heavy (non-hydrogen) atoms. The molecule has 2 rings (SSSR count). The molecule has 0 saturated carbocycles. The zero-order valence-corrected chi connectivity index (χ0v) is 8.07. The van der Waals surface area contributed by atoms with Crippen LogP contribution in [0.3, 0.4) is 0 Å². The first kappa shape index (κ1) is 9.83. The highest BCUT2D eigenvalue weighted by atomic mass is 19.1. The molecule has 1 aromatic rings. The monoisotopic (exact) mass is 207 g/mol. The van der Waals surface area contributed by atoms with Crippen LogP contribution in [0.2, 0.25) is 0 Å². The fourth-order valence-electron chi connectivity index (χ4n) is 1.63. The molecular formula is C11H10FNO2. The summed E-state index contributed by atoms with van der Waals surface area (Å²) in [6.07, 6.45) is 0.272. The molecular weight excluding hydrogens is 197 g/mol. The first-order valence-electron chi connectivity index (χ1n) is 4.73. The summed E-state index contributed by atoms with van der Waals surface area (Å²) in [5, 5.41) is 0. The Morgan fingerprint density at radius 3 is 2.73 bits per heavy atom. The van der Waals surface area contributed by atoms with Gasteiger partial charge in [0.25, 0.3) is 5.91 Å². The van der Waals surface area contributed by atoms with E-state index in [-0.39, 0.29) is 18.0 Å². The van der Waals surface area contributed by atoms with Crippen molar-refractivity contribution in [1.82, 2.24) is 4.90 Å². The van der Waals surface area contributed by atoms with Crippen LogP contribution < -0.4 is 0 Å². The van der Waals surface area contributed by atoms with Gasteiger partial charge in [0.05, 0.1) is 0 Å². The molecule has 1 aromatic carbocycles.